The van der Waals surface area contributed by atoms with E-state index >= 15 is 0 Å². The smallest absolute Gasteiger partial charge is 0.121 e. The van der Waals surface area contributed by atoms with E-state index in [0.29, 0.717) is 17.0 Å². The Balaban J connectivity index is 2.22. The zero-order valence-electron chi connectivity index (χ0n) is 9.87. The van der Waals surface area contributed by atoms with Crippen LogP contribution in [0.2, 0.25) is 0 Å². The number of methoxy groups -OCH3 is 1. The van der Waals surface area contributed by atoms with Gasteiger partial charge in [0.15, 0.2) is 0 Å². The lowest BCUT2D eigenvalue weighted by atomic mass is 10.1. The average Bonchev–Trinajstić information content (AvgIpc) is 2.86. The lowest BCUT2D eigenvalue weighted by Crippen LogP contribution is -2.09. The van der Waals surface area contributed by atoms with Crippen LogP contribution in [0.15, 0.2) is 18.2 Å². The van der Waals surface area contributed by atoms with Gasteiger partial charge in [-0.15, -0.1) is 0 Å². The van der Waals surface area contributed by atoms with Crippen LogP contribution in [-0.2, 0) is 0 Å². The van der Waals surface area contributed by atoms with E-state index in [1.807, 2.05) is 12.1 Å². The minimum Gasteiger partial charge on any atom is -0.497 e. The molecule has 2 rings (SSSR count). The quantitative estimate of drug-likeness (QED) is 0.845. The van der Waals surface area contributed by atoms with Crippen LogP contribution in [0.3, 0.4) is 0 Å². The Hall–Kier alpha value is -1.69. The summed E-state index contributed by atoms with van der Waals surface area (Å²) in [5.74, 6) is 0.778. The molecule has 1 aliphatic carbocycles. The summed E-state index contributed by atoms with van der Waals surface area (Å²) < 4.78 is 5.16. The van der Waals surface area contributed by atoms with E-state index in [0.717, 1.165) is 17.9 Å². The molecular formula is C13H16N2O. The van der Waals surface area contributed by atoms with Gasteiger partial charge in [0.2, 0.25) is 0 Å². The molecule has 0 aromatic heterocycles. The fraction of sp³-hybridized carbons (Fsp3) is 0.462. The predicted octanol–water partition coefficient (Wildman–Crippen LogP) is 2.78. The summed E-state index contributed by atoms with van der Waals surface area (Å²) >= 11 is 0. The van der Waals surface area contributed by atoms with Crippen molar-refractivity contribution >= 4 is 5.69 Å². The number of nitrogens with zero attached hydrogens (tertiary/aromatic N) is 1. The molecule has 0 saturated heterocycles. The highest BCUT2D eigenvalue weighted by Gasteiger charge is 2.45. The van der Waals surface area contributed by atoms with Crippen LogP contribution in [0, 0.1) is 16.7 Å². The Morgan fingerprint density at radius 2 is 2.19 bits per heavy atom. The summed E-state index contributed by atoms with van der Waals surface area (Å²) in [4.78, 5) is 0. The minimum absolute atomic E-state index is 0.343. The predicted molar refractivity (Wildman–Crippen MR) is 63.5 cm³/mol. The molecule has 0 heterocycles. The molecule has 16 heavy (non-hydrogen) atoms. The molecule has 1 atom stereocenters. The number of nitrogens with one attached hydrogen (secondary N) is 1. The molecule has 1 aliphatic rings. The highest BCUT2D eigenvalue weighted by atomic mass is 16.5. The van der Waals surface area contributed by atoms with E-state index in [1.54, 1.807) is 13.2 Å². The standard InChI is InChI=1S/C13H16N2O/c1-13(2)7-12(13)15-11-6-10(16-3)5-4-9(11)8-14/h4-6,12,15H,7H2,1-3H3. The van der Waals surface area contributed by atoms with Crippen molar-refractivity contribution in [2.24, 2.45) is 5.41 Å². The third kappa shape index (κ3) is 1.96. The normalized spacial score (nSPS) is 21.0. The first kappa shape index (κ1) is 10.8. The molecule has 0 aliphatic heterocycles. The van der Waals surface area contributed by atoms with Crippen molar-refractivity contribution in [3.8, 4) is 11.8 Å². The van der Waals surface area contributed by atoms with Crippen LogP contribution >= 0.6 is 0 Å². The van der Waals surface area contributed by atoms with E-state index in [4.69, 9.17) is 10.00 Å². The molecule has 84 valence electrons. The molecule has 0 radical (unpaired) electrons. The van der Waals surface area contributed by atoms with Gasteiger partial charge in [0, 0.05) is 12.1 Å². The Morgan fingerprint density at radius 3 is 2.69 bits per heavy atom. The second kappa shape index (κ2) is 3.71. The van der Waals surface area contributed by atoms with Gasteiger partial charge in [-0.1, -0.05) is 13.8 Å². The van der Waals surface area contributed by atoms with Crippen molar-refractivity contribution in [2.45, 2.75) is 26.3 Å². The Labute approximate surface area is 96.0 Å². The number of hydrogen-bond acceptors (Lipinski definition) is 3. The van der Waals surface area contributed by atoms with E-state index in [1.165, 1.54) is 0 Å². The molecule has 3 nitrogen and oxygen atoms in total. The first-order chi connectivity index (χ1) is 7.56. The highest BCUT2D eigenvalue weighted by Crippen LogP contribution is 2.47. The number of benzene rings is 1. The van der Waals surface area contributed by atoms with Crippen LogP contribution in [-0.4, -0.2) is 13.2 Å². The molecule has 1 aromatic rings. The largest absolute Gasteiger partial charge is 0.497 e. The van der Waals surface area contributed by atoms with Gasteiger partial charge >= 0.3 is 0 Å². The van der Waals surface area contributed by atoms with Gasteiger partial charge in [-0.25, -0.2) is 0 Å². The van der Waals surface area contributed by atoms with E-state index in [9.17, 15) is 0 Å². The molecule has 0 amide bonds. The van der Waals surface area contributed by atoms with Crippen LogP contribution in [0.1, 0.15) is 25.8 Å². The second-order valence-corrected chi connectivity index (χ2v) is 4.91. The Bertz CT molecular complexity index is 446. The summed E-state index contributed by atoms with van der Waals surface area (Å²) in [6, 6.07) is 8.13. The third-order valence-electron chi connectivity index (χ3n) is 3.19. The summed E-state index contributed by atoms with van der Waals surface area (Å²) in [5.41, 5.74) is 1.89. The summed E-state index contributed by atoms with van der Waals surface area (Å²) in [5, 5.41) is 12.4. The summed E-state index contributed by atoms with van der Waals surface area (Å²) in [6.45, 7) is 4.44. The maximum absolute atomic E-state index is 9.01. The molecule has 3 heteroatoms. The maximum Gasteiger partial charge on any atom is 0.121 e. The van der Waals surface area contributed by atoms with Crippen molar-refractivity contribution in [3.05, 3.63) is 23.8 Å². The van der Waals surface area contributed by atoms with Gasteiger partial charge in [0.1, 0.15) is 11.8 Å². The average molecular weight is 216 g/mol. The van der Waals surface area contributed by atoms with Gasteiger partial charge in [0.25, 0.3) is 0 Å². The first-order valence-electron chi connectivity index (χ1n) is 5.41. The van der Waals surface area contributed by atoms with Crippen molar-refractivity contribution in [2.75, 3.05) is 12.4 Å². The topological polar surface area (TPSA) is 45.0 Å². The number of ether oxygens (including phenoxy) is 1. The van der Waals surface area contributed by atoms with E-state index < -0.39 is 0 Å². The maximum atomic E-state index is 9.01. The van der Waals surface area contributed by atoms with Crippen molar-refractivity contribution < 1.29 is 4.74 Å². The zero-order chi connectivity index (χ0) is 11.8. The van der Waals surface area contributed by atoms with Gasteiger partial charge in [-0.05, 0) is 24.0 Å². The van der Waals surface area contributed by atoms with Gasteiger partial charge in [-0.2, -0.15) is 5.26 Å². The number of rotatable bonds is 3. The number of anilines is 1. The molecular weight excluding hydrogens is 200 g/mol. The molecule has 1 unspecified atom stereocenters. The highest BCUT2D eigenvalue weighted by molar-refractivity contribution is 5.61. The van der Waals surface area contributed by atoms with Gasteiger partial charge < -0.3 is 10.1 Å². The number of hydrogen-bond donors (Lipinski definition) is 1. The van der Waals surface area contributed by atoms with E-state index in [2.05, 4.69) is 25.2 Å². The zero-order valence-corrected chi connectivity index (χ0v) is 9.87. The summed E-state index contributed by atoms with van der Waals surface area (Å²) in [7, 11) is 1.63. The van der Waals surface area contributed by atoms with Crippen molar-refractivity contribution in [1.29, 1.82) is 5.26 Å². The molecule has 1 saturated carbocycles. The van der Waals surface area contributed by atoms with Crippen molar-refractivity contribution in [3.63, 3.8) is 0 Å². The summed E-state index contributed by atoms with van der Waals surface area (Å²) in [6.07, 6.45) is 1.15. The molecule has 1 aromatic carbocycles. The van der Waals surface area contributed by atoms with Crippen molar-refractivity contribution in [1.82, 2.24) is 0 Å². The second-order valence-electron chi connectivity index (χ2n) is 4.91. The van der Waals surface area contributed by atoms with Gasteiger partial charge in [-0.3, -0.25) is 0 Å². The molecule has 0 bridgehead atoms. The number of nitriles is 1. The molecule has 1 N–H and O–H groups in total. The Kier molecular flexibility index (Phi) is 2.51. The minimum atomic E-state index is 0.343. The molecule has 0 spiro atoms. The lowest BCUT2D eigenvalue weighted by molar-refractivity contribution is 0.415. The fourth-order valence-electron chi connectivity index (χ4n) is 1.77. The molecule has 1 fully saturated rings. The SMILES string of the molecule is COc1ccc(C#N)c(NC2CC2(C)C)c1. The fourth-order valence-corrected chi connectivity index (χ4v) is 1.77. The lowest BCUT2D eigenvalue weighted by Gasteiger charge is -2.11. The van der Waals surface area contributed by atoms with Gasteiger partial charge in [0.05, 0.1) is 18.4 Å². The van der Waals surface area contributed by atoms with E-state index in [-0.39, 0.29) is 0 Å². The monoisotopic (exact) mass is 216 g/mol. The third-order valence-corrected chi connectivity index (χ3v) is 3.19. The Morgan fingerprint density at radius 1 is 1.50 bits per heavy atom. The van der Waals surface area contributed by atoms with Crippen LogP contribution in [0.4, 0.5) is 5.69 Å². The first-order valence-corrected chi connectivity index (χ1v) is 5.41. The van der Waals surface area contributed by atoms with Crippen LogP contribution in [0.25, 0.3) is 0 Å². The van der Waals surface area contributed by atoms with Crippen LogP contribution < -0.4 is 10.1 Å². The van der Waals surface area contributed by atoms with Crippen LogP contribution in [0.5, 0.6) is 5.75 Å².